The van der Waals surface area contributed by atoms with Gasteiger partial charge in [0.05, 0.1) is 16.8 Å². The molecule has 0 amide bonds. The number of hydrogen-bond acceptors (Lipinski definition) is 7. The van der Waals surface area contributed by atoms with Crippen LogP contribution in [0.2, 0.25) is 0 Å². The van der Waals surface area contributed by atoms with Gasteiger partial charge in [-0.3, -0.25) is 0 Å². The van der Waals surface area contributed by atoms with Gasteiger partial charge >= 0.3 is 5.97 Å². The number of rotatable bonds is 7. The molecule has 0 saturated heterocycles. The second-order valence-electron chi connectivity index (χ2n) is 6.56. The van der Waals surface area contributed by atoms with Crippen LogP contribution < -0.4 is 10.5 Å². The van der Waals surface area contributed by atoms with Crippen LogP contribution >= 0.6 is 11.3 Å². The molecule has 0 atom stereocenters. The fourth-order valence-electron chi connectivity index (χ4n) is 2.87. The number of primary sulfonamides is 1. The number of hydrogen-bond donors (Lipinski definition) is 3. The van der Waals surface area contributed by atoms with Gasteiger partial charge in [-0.05, 0) is 17.7 Å². The number of anilines is 1. The maximum absolute atomic E-state index is 11.4. The first kappa shape index (κ1) is 20.7. The van der Waals surface area contributed by atoms with E-state index in [0.717, 1.165) is 11.1 Å². The first-order valence-electron chi connectivity index (χ1n) is 9.01. The van der Waals surface area contributed by atoms with Crippen LogP contribution in [0.4, 0.5) is 5.69 Å². The summed E-state index contributed by atoms with van der Waals surface area (Å²) in [5.74, 6) is -1.10. The number of sulfonamides is 1. The van der Waals surface area contributed by atoms with Crippen LogP contribution in [0.3, 0.4) is 0 Å². The molecular formula is C20H17N5O4S2. The summed E-state index contributed by atoms with van der Waals surface area (Å²) in [4.78, 5) is 15.3. The van der Waals surface area contributed by atoms with Crippen molar-refractivity contribution in [3.63, 3.8) is 0 Å². The molecule has 0 fully saturated rings. The van der Waals surface area contributed by atoms with Gasteiger partial charge < -0.3 is 10.4 Å². The van der Waals surface area contributed by atoms with Gasteiger partial charge in [0.1, 0.15) is 5.69 Å². The van der Waals surface area contributed by atoms with Crippen LogP contribution in [0, 0.1) is 0 Å². The van der Waals surface area contributed by atoms with Gasteiger partial charge in [0, 0.05) is 17.5 Å². The summed E-state index contributed by atoms with van der Waals surface area (Å²) in [5.41, 5.74) is 3.08. The number of carboxylic acids is 1. The van der Waals surface area contributed by atoms with E-state index in [1.807, 2.05) is 30.3 Å². The van der Waals surface area contributed by atoms with Crippen LogP contribution in [0.1, 0.15) is 16.1 Å². The summed E-state index contributed by atoms with van der Waals surface area (Å²) < 4.78 is 24.4. The van der Waals surface area contributed by atoms with Crippen molar-refractivity contribution in [2.75, 3.05) is 5.32 Å². The minimum absolute atomic E-state index is 0.0405. The lowest BCUT2D eigenvalue weighted by Crippen LogP contribution is -2.12. The summed E-state index contributed by atoms with van der Waals surface area (Å²) in [6.45, 7) is 0.411. The summed E-state index contributed by atoms with van der Waals surface area (Å²) in [5, 5.41) is 24.0. The fraction of sp³-hybridized carbons (Fsp3) is 0.0500. The highest BCUT2D eigenvalue weighted by Gasteiger charge is 2.16. The molecular weight excluding hydrogens is 438 g/mol. The Morgan fingerprint density at radius 1 is 1.13 bits per heavy atom. The fourth-order valence-corrected chi connectivity index (χ4v) is 4.11. The third-order valence-electron chi connectivity index (χ3n) is 4.40. The number of aromatic carboxylic acids is 1. The third-order valence-corrected chi connectivity index (χ3v) is 6.16. The maximum atomic E-state index is 11.4. The smallest absolute Gasteiger partial charge is 0.355 e. The van der Waals surface area contributed by atoms with Crippen LogP contribution in [0.25, 0.3) is 16.4 Å². The molecule has 4 N–H and O–H groups in total. The Morgan fingerprint density at radius 3 is 2.45 bits per heavy atom. The number of thiazole rings is 1. The summed E-state index contributed by atoms with van der Waals surface area (Å²) in [7, 11) is -3.74. The Morgan fingerprint density at radius 2 is 1.84 bits per heavy atom. The highest BCUT2D eigenvalue weighted by atomic mass is 32.2. The molecule has 0 radical (unpaired) electrons. The van der Waals surface area contributed by atoms with Gasteiger partial charge in [0.15, 0.2) is 5.69 Å². The Bertz CT molecular complexity index is 1330. The molecule has 0 aliphatic rings. The summed E-state index contributed by atoms with van der Waals surface area (Å²) in [6, 6.07) is 15.8. The molecule has 2 aromatic heterocycles. The zero-order valence-corrected chi connectivity index (χ0v) is 17.6. The number of nitrogens with one attached hydrogen (secondary N) is 1. The molecule has 2 aromatic carbocycles. The van der Waals surface area contributed by atoms with E-state index in [4.69, 9.17) is 10.2 Å². The zero-order chi connectivity index (χ0) is 22.0. The average Bonchev–Trinajstić information content (AvgIpc) is 3.40. The van der Waals surface area contributed by atoms with Crippen LogP contribution in [0.15, 0.2) is 71.1 Å². The highest BCUT2D eigenvalue weighted by molar-refractivity contribution is 7.89. The maximum Gasteiger partial charge on any atom is 0.355 e. The molecule has 9 nitrogen and oxygen atoms in total. The molecule has 11 heteroatoms. The van der Waals surface area contributed by atoms with Crippen molar-refractivity contribution in [1.82, 2.24) is 14.8 Å². The van der Waals surface area contributed by atoms with Gasteiger partial charge in [-0.15, -0.1) is 11.3 Å². The topological polar surface area (TPSA) is 140 Å². The third kappa shape index (κ3) is 4.63. The lowest BCUT2D eigenvalue weighted by atomic mass is 10.1. The molecule has 4 rings (SSSR count). The molecule has 0 saturated carbocycles. The van der Waals surface area contributed by atoms with Crippen molar-refractivity contribution < 1.29 is 18.3 Å². The second-order valence-corrected chi connectivity index (χ2v) is 8.96. The van der Waals surface area contributed by atoms with Gasteiger partial charge in [-0.2, -0.15) is 5.10 Å². The molecule has 0 spiro atoms. The van der Waals surface area contributed by atoms with E-state index in [0.29, 0.717) is 23.1 Å². The molecule has 4 aromatic rings. The number of carboxylic acid groups (broad SMARTS) is 1. The average molecular weight is 456 g/mol. The van der Waals surface area contributed by atoms with Crippen LogP contribution in [-0.4, -0.2) is 34.3 Å². The predicted octanol–water partition coefficient (Wildman–Crippen LogP) is 2.95. The number of benzene rings is 2. The van der Waals surface area contributed by atoms with E-state index in [-0.39, 0.29) is 10.6 Å². The molecule has 0 unspecified atom stereocenters. The number of carbonyl (C=O) groups is 1. The molecule has 0 aliphatic heterocycles. The zero-order valence-electron chi connectivity index (χ0n) is 16.0. The predicted molar refractivity (Wildman–Crippen MR) is 117 cm³/mol. The van der Waals surface area contributed by atoms with Gasteiger partial charge in [0.25, 0.3) is 0 Å². The molecule has 31 heavy (non-hydrogen) atoms. The Kier molecular flexibility index (Phi) is 5.55. The lowest BCUT2D eigenvalue weighted by Gasteiger charge is -2.07. The van der Waals surface area contributed by atoms with Gasteiger partial charge in [0.2, 0.25) is 15.2 Å². The van der Waals surface area contributed by atoms with E-state index in [9.17, 15) is 13.2 Å². The molecule has 158 valence electrons. The largest absolute Gasteiger partial charge is 0.476 e. The minimum atomic E-state index is -3.74. The molecule has 2 heterocycles. The monoisotopic (exact) mass is 455 g/mol. The normalized spacial score (nSPS) is 11.4. The van der Waals surface area contributed by atoms with E-state index in [1.54, 1.807) is 18.3 Å². The molecule has 0 aliphatic carbocycles. The van der Waals surface area contributed by atoms with Crippen LogP contribution in [0.5, 0.6) is 0 Å². The minimum Gasteiger partial charge on any atom is -0.476 e. The van der Waals surface area contributed by atoms with Crippen LogP contribution in [-0.2, 0) is 16.6 Å². The lowest BCUT2D eigenvalue weighted by molar-refractivity contribution is 0.0691. The van der Waals surface area contributed by atoms with E-state index in [1.165, 1.54) is 33.5 Å². The highest BCUT2D eigenvalue weighted by Crippen LogP contribution is 2.29. The van der Waals surface area contributed by atoms with E-state index >= 15 is 0 Å². The van der Waals surface area contributed by atoms with E-state index in [2.05, 4.69) is 15.4 Å². The Balaban J connectivity index is 1.64. The second kappa shape index (κ2) is 8.30. The quantitative estimate of drug-likeness (QED) is 0.389. The first-order valence-corrected chi connectivity index (χ1v) is 11.4. The first-order chi connectivity index (χ1) is 14.8. The van der Waals surface area contributed by atoms with Crippen molar-refractivity contribution in [1.29, 1.82) is 0 Å². The standard InChI is InChI=1S/C20H17N5O4S2/c21-31(28,29)15-8-6-13(7-9-15)10-22-16-11-25(20-23-17(12-30-20)19(26)27)24-18(16)14-4-2-1-3-5-14/h1-9,11-12,22H,10H2,(H,26,27)(H2,21,28,29). The van der Waals surface area contributed by atoms with Gasteiger partial charge in [-0.25, -0.2) is 28.0 Å². The van der Waals surface area contributed by atoms with E-state index < -0.39 is 16.0 Å². The van der Waals surface area contributed by atoms with Crippen molar-refractivity contribution in [2.45, 2.75) is 11.4 Å². The Labute approximate surface area is 181 Å². The van der Waals surface area contributed by atoms with Crippen molar-refractivity contribution in [2.24, 2.45) is 5.14 Å². The van der Waals surface area contributed by atoms with Crippen molar-refractivity contribution >= 4 is 33.0 Å². The number of nitrogens with zero attached hydrogens (tertiary/aromatic N) is 3. The summed E-state index contributed by atoms with van der Waals surface area (Å²) >= 11 is 1.18. The molecule has 0 bridgehead atoms. The number of aromatic nitrogens is 3. The SMILES string of the molecule is NS(=O)(=O)c1ccc(CNc2cn(-c3nc(C(=O)O)cs3)nc2-c2ccccc2)cc1. The van der Waals surface area contributed by atoms with Crippen molar-refractivity contribution in [3.05, 3.63) is 77.4 Å². The Hall–Kier alpha value is -3.54. The van der Waals surface area contributed by atoms with Crippen molar-refractivity contribution in [3.8, 4) is 16.4 Å². The van der Waals surface area contributed by atoms with Gasteiger partial charge in [-0.1, -0.05) is 42.5 Å². The summed E-state index contributed by atoms with van der Waals surface area (Å²) in [6.07, 6.45) is 1.74. The number of nitrogens with two attached hydrogens (primary N) is 1.